The minimum Gasteiger partial charge on any atom is -0.490 e. The number of ether oxygens (including phenoxy) is 7. The van der Waals surface area contributed by atoms with Crippen LogP contribution in [-0.4, -0.2) is 125 Å². The monoisotopic (exact) mass is 852 g/mol. The predicted molar refractivity (Wildman–Crippen MR) is 224 cm³/mol. The maximum atomic E-state index is 13.9. The molecule has 342 valence electrons. The fourth-order valence-electron chi connectivity index (χ4n) is 8.64. The molecule has 18 atom stereocenters. The summed E-state index contributed by atoms with van der Waals surface area (Å²) in [6.45, 7) is 18.0. The van der Waals surface area contributed by atoms with E-state index in [9.17, 15) is 35.1 Å². The lowest BCUT2D eigenvalue weighted by Gasteiger charge is -2.49. The first-order valence-corrected chi connectivity index (χ1v) is 21.1. The number of hydrogen-bond acceptors (Lipinski definition) is 14. The van der Waals surface area contributed by atoms with Gasteiger partial charge in [0.05, 0.1) is 49.8 Å². The summed E-state index contributed by atoms with van der Waals surface area (Å²) < 4.78 is 41.3. The van der Waals surface area contributed by atoms with E-state index in [0.29, 0.717) is 12.0 Å². The van der Waals surface area contributed by atoms with Crippen molar-refractivity contribution in [2.45, 2.75) is 162 Å². The zero-order valence-corrected chi connectivity index (χ0v) is 37.5. The van der Waals surface area contributed by atoms with Gasteiger partial charge in [-0.3, -0.25) is 0 Å². The number of allylic oxidation sites excluding steroid dienone is 6. The molecular formula is C45H73NO14. The number of esters is 1. The van der Waals surface area contributed by atoms with Crippen LogP contribution >= 0.6 is 0 Å². The van der Waals surface area contributed by atoms with Crippen molar-refractivity contribution in [2.24, 2.45) is 41.2 Å². The number of methoxy groups -OCH3 is 2. The van der Waals surface area contributed by atoms with E-state index in [0.717, 1.165) is 5.57 Å². The van der Waals surface area contributed by atoms with E-state index in [1.54, 1.807) is 58.1 Å². The summed E-state index contributed by atoms with van der Waals surface area (Å²) in [7, 11) is 2.80. The van der Waals surface area contributed by atoms with Gasteiger partial charge in [-0.05, 0) is 46.1 Å². The van der Waals surface area contributed by atoms with Crippen LogP contribution in [-0.2, 0) is 38.0 Å². The largest absolute Gasteiger partial charge is 0.490 e. The van der Waals surface area contributed by atoms with Crippen molar-refractivity contribution in [1.29, 1.82) is 0 Å². The van der Waals surface area contributed by atoms with Crippen molar-refractivity contribution < 1.29 is 68.3 Å². The third-order valence-corrected chi connectivity index (χ3v) is 12.5. The molecule has 0 aromatic rings. The van der Waals surface area contributed by atoms with E-state index in [1.807, 2.05) is 47.6 Å². The Bertz CT molecular complexity index is 1550. The Morgan fingerprint density at radius 1 is 1.05 bits per heavy atom. The fraction of sp³-hybridized carbons (Fsp3) is 0.733. The second kappa shape index (κ2) is 22.8. The molecule has 3 heterocycles. The Morgan fingerprint density at radius 2 is 1.72 bits per heavy atom. The average Bonchev–Trinajstić information content (AvgIpc) is 3.18. The normalized spacial score (nSPS) is 42.7. The number of rotatable bonds is 10. The van der Waals surface area contributed by atoms with Gasteiger partial charge < -0.3 is 64.4 Å². The van der Waals surface area contributed by atoms with Crippen molar-refractivity contribution in [2.75, 3.05) is 14.2 Å². The van der Waals surface area contributed by atoms with Crippen molar-refractivity contribution in [1.82, 2.24) is 0 Å². The molecule has 2 saturated heterocycles. The summed E-state index contributed by atoms with van der Waals surface area (Å²) in [6, 6.07) is 0. The molecule has 3 aliphatic heterocycles. The molecule has 15 nitrogen and oxygen atoms in total. The minimum atomic E-state index is -1.97. The van der Waals surface area contributed by atoms with Gasteiger partial charge in [0.15, 0.2) is 18.2 Å². The molecule has 0 aliphatic carbocycles. The van der Waals surface area contributed by atoms with Crippen molar-refractivity contribution >= 4 is 12.1 Å². The number of carbonyl (C=O) groups is 2. The fourth-order valence-corrected chi connectivity index (χ4v) is 8.64. The van der Waals surface area contributed by atoms with Gasteiger partial charge in [0.25, 0.3) is 0 Å². The van der Waals surface area contributed by atoms with Crippen LogP contribution in [0, 0.1) is 35.5 Å². The number of cyclic esters (lactones) is 1. The second-order valence-electron chi connectivity index (χ2n) is 17.3. The van der Waals surface area contributed by atoms with Gasteiger partial charge in [0.1, 0.15) is 12.2 Å². The molecule has 1 unspecified atom stereocenters. The van der Waals surface area contributed by atoms with Gasteiger partial charge in [-0.15, -0.1) is 0 Å². The average molecular weight is 852 g/mol. The molecule has 0 spiro atoms. The Labute approximate surface area is 356 Å². The lowest BCUT2D eigenvalue weighted by molar-refractivity contribution is -0.338. The highest BCUT2D eigenvalue weighted by atomic mass is 16.7. The molecule has 0 radical (unpaired) electrons. The highest BCUT2D eigenvalue weighted by Crippen LogP contribution is 2.42. The maximum absolute atomic E-state index is 13.9. The highest BCUT2D eigenvalue weighted by molar-refractivity contribution is 5.87. The highest BCUT2D eigenvalue weighted by Gasteiger charge is 2.52. The van der Waals surface area contributed by atoms with Crippen molar-refractivity contribution in [3.63, 3.8) is 0 Å². The van der Waals surface area contributed by atoms with E-state index in [4.69, 9.17) is 38.9 Å². The number of aliphatic hydroxyl groups is 5. The Morgan fingerprint density at radius 3 is 2.30 bits per heavy atom. The van der Waals surface area contributed by atoms with Gasteiger partial charge in [0, 0.05) is 49.5 Å². The molecule has 0 saturated carbocycles. The lowest BCUT2D eigenvalue weighted by atomic mass is 9.77. The van der Waals surface area contributed by atoms with E-state index < -0.39 is 103 Å². The van der Waals surface area contributed by atoms with Gasteiger partial charge in [-0.2, -0.15) is 0 Å². The third-order valence-electron chi connectivity index (χ3n) is 12.5. The van der Waals surface area contributed by atoms with Crippen LogP contribution in [0.25, 0.3) is 0 Å². The summed E-state index contributed by atoms with van der Waals surface area (Å²) in [4.78, 5) is 25.3. The summed E-state index contributed by atoms with van der Waals surface area (Å²) >= 11 is 0. The van der Waals surface area contributed by atoms with Gasteiger partial charge in [-0.1, -0.05) is 89.1 Å². The molecule has 60 heavy (non-hydrogen) atoms. The molecule has 0 aromatic carbocycles. The smallest absolute Gasteiger partial charge is 0.404 e. The minimum absolute atomic E-state index is 0.0314. The zero-order chi connectivity index (χ0) is 45.2. The second-order valence-corrected chi connectivity index (χ2v) is 17.3. The van der Waals surface area contributed by atoms with E-state index in [1.165, 1.54) is 20.3 Å². The Hall–Kier alpha value is -3.12. The Balaban J connectivity index is 1.99. The van der Waals surface area contributed by atoms with Crippen LogP contribution < -0.4 is 5.73 Å². The lowest BCUT2D eigenvalue weighted by Crippen LogP contribution is -2.59. The van der Waals surface area contributed by atoms with Crippen molar-refractivity contribution in [3.8, 4) is 0 Å². The molecule has 2 fully saturated rings. The molecule has 3 rings (SSSR count). The van der Waals surface area contributed by atoms with E-state index >= 15 is 0 Å². The number of amides is 1. The zero-order valence-electron chi connectivity index (χ0n) is 37.5. The summed E-state index contributed by atoms with van der Waals surface area (Å²) in [5, 5.41) is 57.6. The maximum Gasteiger partial charge on any atom is 0.404 e. The van der Waals surface area contributed by atoms with Crippen LogP contribution in [0.4, 0.5) is 4.79 Å². The number of carbonyl (C=O) groups excluding carboxylic acids is 2. The third kappa shape index (κ3) is 13.2. The van der Waals surface area contributed by atoms with Crippen molar-refractivity contribution in [3.05, 3.63) is 59.4 Å². The summed E-state index contributed by atoms with van der Waals surface area (Å²) in [5.74, 6) is -6.06. The first kappa shape index (κ1) is 51.2. The number of primary amides is 1. The van der Waals surface area contributed by atoms with Crippen LogP contribution in [0.3, 0.4) is 0 Å². The molecule has 1 amide bonds. The van der Waals surface area contributed by atoms with Gasteiger partial charge in [-0.25, -0.2) is 9.59 Å². The van der Waals surface area contributed by atoms with Gasteiger partial charge >= 0.3 is 12.1 Å². The number of nitrogens with two attached hydrogens (primary N) is 1. The standard InChI is InChI=1S/C45H73NO14/c1-13-15-33-27(6)36(57-37-21-32(47)42(31(10)56-37)59-44(46)52)22-45(53,60-33)30(9)40(50)29(8)41-34(54-11)17-14-16-23(2)18-25(4)38(48)28(7)39(49)26(5)19-24(3)20-35(55-12)43(51)58-41/h13-17,19-20,25-34,36-42,47-50,53H,18,21-22H2,1-12H3,(H2,46,52)/b15-13+,17-14-,23-16+,24-19-,35-20-/t25-,26-,27-,28+,29+,30+,31-,32-,33-,34?,36-,37+,38+,39-,40-,41-,42-,45-/m1/s1. The van der Waals surface area contributed by atoms with E-state index in [-0.39, 0.29) is 36.4 Å². The van der Waals surface area contributed by atoms with Crippen LogP contribution in [0.1, 0.15) is 88.5 Å². The number of hydrogen-bond donors (Lipinski definition) is 6. The molecule has 7 N–H and O–H groups in total. The van der Waals surface area contributed by atoms with Crippen LogP contribution in [0.2, 0.25) is 0 Å². The summed E-state index contributed by atoms with van der Waals surface area (Å²) in [6.07, 6.45) is 1.54. The first-order valence-electron chi connectivity index (χ1n) is 21.1. The molecular weight excluding hydrogens is 778 g/mol. The SMILES string of the molecule is C/C=C/[C@H]1O[C@@](O)([C@@H](C)[C@H](O)[C@H](C)[C@H]2OC(=O)/C(OC)=C/C(C)=C\[C@@H](C)[C@@H](O)[C@@H](C)[C@@H](O)[C@H](C)C/C(C)=C/C=C\C2OC)C[C@@H](O[C@H]2C[C@@H](O)[C@H](OC(N)=O)[C@@H](C)O2)[C@@H]1C. The number of aliphatic hydroxyl groups excluding tert-OH is 4. The molecule has 0 aromatic heterocycles. The van der Waals surface area contributed by atoms with E-state index in [2.05, 4.69) is 0 Å². The Kier molecular flexibility index (Phi) is 19.5. The quantitative estimate of drug-likeness (QED) is 0.131. The first-order chi connectivity index (χ1) is 28.1. The molecule has 15 heteroatoms. The van der Waals surface area contributed by atoms with Crippen LogP contribution in [0.5, 0.6) is 0 Å². The predicted octanol–water partition coefficient (Wildman–Crippen LogP) is 4.59. The van der Waals surface area contributed by atoms with Crippen LogP contribution in [0.15, 0.2) is 59.4 Å². The molecule has 3 aliphatic rings. The molecule has 0 bridgehead atoms. The summed E-state index contributed by atoms with van der Waals surface area (Å²) in [5.41, 5.74) is 6.76. The topological polar surface area (TPSA) is 226 Å². The van der Waals surface area contributed by atoms with Gasteiger partial charge in [0.2, 0.25) is 5.76 Å².